The number of hydrogen-bond donors (Lipinski definition) is 1. The monoisotopic (exact) mass is 269 g/mol. The van der Waals surface area contributed by atoms with Gasteiger partial charge < -0.3 is 14.8 Å². The molecule has 2 aromatic rings. The Morgan fingerprint density at radius 2 is 1.90 bits per heavy atom. The zero-order valence-corrected chi connectivity index (χ0v) is 11.8. The summed E-state index contributed by atoms with van der Waals surface area (Å²) in [6.45, 7) is 0. The molecule has 3 nitrogen and oxygen atoms in total. The molecule has 0 aromatic heterocycles. The van der Waals surface area contributed by atoms with Crippen LogP contribution in [0.15, 0.2) is 42.5 Å². The number of fused-ring (bicyclic) bond motifs is 1. The summed E-state index contributed by atoms with van der Waals surface area (Å²) in [4.78, 5) is 0. The molecule has 0 radical (unpaired) electrons. The van der Waals surface area contributed by atoms with Crippen LogP contribution in [0.2, 0.25) is 0 Å². The molecular weight excluding hydrogens is 250 g/mol. The van der Waals surface area contributed by atoms with Crippen molar-refractivity contribution in [2.24, 2.45) is 0 Å². The van der Waals surface area contributed by atoms with E-state index in [4.69, 9.17) is 9.47 Å². The van der Waals surface area contributed by atoms with Crippen molar-refractivity contribution in [3.05, 3.63) is 53.6 Å². The van der Waals surface area contributed by atoms with Crippen molar-refractivity contribution in [1.29, 1.82) is 0 Å². The Bertz CT molecular complexity index is 610. The predicted molar refractivity (Wildman–Crippen MR) is 80.7 cm³/mol. The summed E-state index contributed by atoms with van der Waals surface area (Å²) in [6, 6.07) is 14.8. The highest BCUT2D eigenvalue weighted by Gasteiger charge is 2.21. The van der Waals surface area contributed by atoms with Crippen LogP contribution in [0.4, 0.5) is 5.69 Å². The topological polar surface area (TPSA) is 30.5 Å². The first-order valence-corrected chi connectivity index (χ1v) is 6.88. The van der Waals surface area contributed by atoms with Gasteiger partial charge in [0.1, 0.15) is 11.5 Å². The molecular formula is C17H19NO2. The molecule has 0 saturated carbocycles. The molecule has 0 aliphatic carbocycles. The first kappa shape index (κ1) is 12.9. The van der Waals surface area contributed by atoms with E-state index in [-0.39, 0.29) is 6.04 Å². The molecule has 2 aromatic carbocycles. The minimum Gasteiger partial charge on any atom is -0.497 e. The number of nitrogens with one attached hydrogen (secondary N) is 1. The number of ether oxygens (including phenoxy) is 2. The molecule has 3 heteroatoms. The Labute approximate surface area is 119 Å². The van der Waals surface area contributed by atoms with Crippen LogP contribution in [0.3, 0.4) is 0 Å². The summed E-state index contributed by atoms with van der Waals surface area (Å²) >= 11 is 0. The summed E-state index contributed by atoms with van der Waals surface area (Å²) < 4.78 is 10.8. The number of methoxy groups -OCH3 is 2. The van der Waals surface area contributed by atoms with Gasteiger partial charge in [0.05, 0.1) is 20.3 Å². The number of hydrogen-bond acceptors (Lipinski definition) is 3. The van der Waals surface area contributed by atoms with Crippen molar-refractivity contribution >= 4 is 5.69 Å². The lowest BCUT2D eigenvalue weighted by molar-refractivity contribution is 0.388. The maximum Gasteiger partial charge on any atom is 0.127 e. The summed E-state index contributed by atoms with van der Waals surface area (Å²) in [5, 5.41) is 3.60. The molecule has 104 valence electrons. The van der Waals surface area contributed by atoms with Crippen LogP contribution in [0.5, 0.6) is 11.5 Å². The van der Waals surface area contributed by atoms with Gasteiger partial charge in [-0.15, -0.1) is 0 Å². The summed E-state index contributed by atoms with van der Waals surface area (Å²) in [5.41, 5.74) is 3.79. The summed E-state index contributed by atoms with van der Waals surface area (Å²) in [5.74, 6) is 1.70. The number of anilines is 1. The van der Waals surface area contributed by atoms with Crippen molar-refractivity contribution in [3.63, 3.8) is 0 Å². The van der Waals surface area contributed by atoms with Crippen LogP contribution in [0.25, 0.3) is 0 Å². The standard InChI is InChI=1S/C17H19NO2/c1-19-13-8-9-14(17(11-13)20-2)16-10-7-12-5-3-4-6-15(12)18-16/h3-6,8-9,11,16,18H,7,10H2,1-2H3. The number of benzene rings is 2. The average molecular weight is 269 g/mol. The number of aryl methyl sites for hydroxylation is 1. The van der Waals surface area contributed by atoms with Crippen molar-refractivity contribution in [2.45, 2.75) is 18.9 Å². The van der Waals surface area contributed by atoms with Gasteiger partial charge >= 0.3 is 0 Å². The Morgan fingerprint density at radius 3 is 2.70 bits per heavy atom. The smallest absolute Gasteiger partial charge is 0.127 e. The van der Waals surface area contributed by atoms with E-state index < -0.39 is 0 Å². The van der Waals surface area contributed by atoms with Gasteiger partial charge in [0.2, 0.25) is 0 Å². The fourth-order valence-electron chi connectivity index (χ4n) is 2.78. The van der Waals surface area contributed by atoms with Crippen LogP contribution in [0, 0.1) is 0 Å². The zero-order valence-electron chi connectivity index (χ0n) is 11.8. The molecule has 20 heavy (non-hydrogen) atoms. The maximum atomic E-state index is 5.51. The van der Waals surface area contributed by atoms with Crippen LogP contribution in [-0.2, 0) is 6.42 Å². The second-order valence-electron chi connectivity index (χ2n) is 5.00. The molecule has 0 fully saturated rings. The minimum absolute atomic E-state index is 0.283. The van der Waals surface area contributed by atoms with Crippen molar-refractivity contribution in [1.82, 2.24) is 0 Å². The predicted octanol–water partition coefficient (Wildman–Crippen LogP) is 3.80. The first-order valence-electron chi connectivity index (χ1n) is 6.88. The fourth-order valence-corrected chi connectivity index (χ4v) is 2.78. The molecule has 1 aliphatic rings. The lowest BCUT2D eigenvalue weighted by Crippen LogP contribution is -2.18. The van der Waals surface area contributed by atoms with Gasteiger partial charge in [-0.2, -0.15) is 0 Å². The molecule has 0 amide bonds. The molecule has 0 saturated heterocycles. The molecule has 1 heterocycles. The Balaban J connectivity index is 1.91. The van der Waals surface area contributed by atoms with E-state index in [0.717, 1.165) is 24.3 Å². The van der Waals surface area contributed by atoms with Crippen LogP contribution < -0.4 is 14.8 Å². The van der Waals surface area contributed by atoms with E-state index in [0.29, 0.717) is 0 Å². The average Bonchev–Trinajstić information content (AvgIpc) is 2.53. The minimum atomic E-state index is 0.283. The molecule has 1 N–H and O–H groups in total. The van der Waals surface area contributed by atoms with Crippen molar-refractivity contribution < 1.29 is 9.47 Å². The van der Waals surface area contributed by atoms with Crippen LogP contribution >= 0.6 is 0 Å². The first-order chi connectivity index (χ1) is 9.81. The normalized spacial score (nSPS) is 17.0. The fraction of sp³-hybridized carbons (Fsp3) is 0.294. The van der Waals surface area contributed by atoms with Crippen LogP contribution in [0.1, 0.15) is 23.6 Å². The lowest BCUT2D eigenvalue weighted by Gasteiger charge is -2.28. The van der Waals surface area contributed by atoms with E-state index in [9.17, 15) is 0 Å². The van der Waals surface area contributed by atoms with Gasteiger partial charge in [0, 0.05) is 17.3 Å². The number of rotatable bonds is 3. The Morgan fingerprint density at radius 1 is 1.05 bits per heavy atom. The third-order valence-electron chi connectivity index (χ3n) is 3.87. The molecule has 1 atom stereocenters. The van der Waals surface area contributed by atoms with E-state index in [1.54, 1.807) is 14.2 Å². The molecule has 0 bridgehead atoms. The van der Waals surface area contributed by atoms with Gasteiger partial charge in [-0.25, -0.2) is 0 Å². The molecule has 1 aliphatic heterocycles. The van der Waals surface area contributed by atoms with Gasteiger partial charge in [-0.05, 0) is 36.6 Å². The van der Waals surface area contributed by atoms with Gasteiger partial charge in [0.25, 0.3) is 0 Å². The maximum absolute atomic E-state index is 5.51. The van der Waals surface area contributed by atoms with Crippen LogP contribution in [-0.4, -0.2) is 14.2 Å². The highest BCUT2D eigenvalue weighted by molar-refractivity contribution is 5.56. The van der Waals surface area contributed by atoms with E-state index in [1.165, 1.54) is 16.8 Å². The SMILES string of the molecule is COc1ccc(C2CCc3ccccc3N2)c(OC)c1. The molecule has 1 unspecified atom stereocenters. The quantitative estimate of drug-likeness (QED) is 0.919. The van der Waals surface area contributed by atoms with Gasteiger partial charge in [-0.3, -0.25) is 0 Å². The van der Waals surface area contributed by atoms with Crippen molar-refractivity contribution in [2.75, 3.05) is 19.5 Å². The third kappa shape index (κ3) is 2.31. The number of para-hydroxylation sites is 1. The highest BCUT2D eigenvalue weighted by Crippen LogP contribution is 2.37. The van der Waals surface area contributed by atoms with E-state index in [1.807, 2.05) is 12.1 Å². The summed E-state index contributed by atoms with van der Waals surface area (Å²) in [6.07, 6.45) is 2.16. The van der Waals surface area contributed by atoms with Gasteiger partial charge in [-0.1, -0.05) is 18.2 Å². The van der Waals surface area contributed by atoms with Crippen molar-refractivity contribution in [3.8, 4) is 11.5 Å². The largest absolute Gasteiger partial charge is 0.497 e. The zero-order chi connectivity index (χ0) is 13.9. The second kappa shape index (κ2) is 5.45. The van der Waals surface area contributed by atoms with E-state index in [2.05, 4.69) is 35.6 Å². The summed E-state index contributed by atoms with van der Waals surface area (Å²) in [7, 11) is 3.37. The highest BCUT2D eigenvalue weighted by atomic mass is 16.5. The Kier molecular flexibility index (Phi) is 3.50. The van der Waals surface area contributed by atoms with Gasteiger partial charge in [0.15, 0.2) is 0 Å². The molecule has 0 spiro atoms. The second-order valence-corrected chi connectivity index (χ2v) is 5.00. The van der Waals surface area contributed by atoms with E-state index >= 15 is 0 Å². The third-order valence-corrected chi connectivity index (χ3v) is 3.87. The molecule has 3 rings (SSSR count). The lowest BCUT2D eigenvalue weighted by atomic mass is 9.93. The Hall–Kier alpha value is -2.16.